The van der Waals surface area contributed by atoms with Crippen LogP contribution in [-0.2, 0) is 10.3 Å². The lowest BCUT2D eigenvalue weighted by molar-refractivity contribution is -0.0770. The first-order valence-electron chi connectivity index (χ1n) is 4.69. The Balaban J connectivity index is 2.19. The first-order chi connectivity index (χ1) is 6.74. The van der Waals surface area contributed by atoms with Crippen LogP contribution in [0.5, 0.6) is 0 Å². The number of anilines is 1. The first-order valence-corrected chi connectivity index (χ1v) is 4.69. The van der Waals surface area contributed by atoms with Crippen molar-refractivity contribution in [3.05, 3.63) is 5.82 Å². The highest BCUT2D eigenvalue weighted by molar-refractivity contribution is 5.17. The number of nitrogens with zero attached hydrogens (tertiary/aromatic N) is 2. The van der Waals surface area contributed by atoms with Gasteiger partial charge in [0.05, 0.1) is 0 Å². The second-order valence-corrected chi connectivity index (χ2v) is 3.60. The number of aromatic nitrogens is 2. The van der Waals surface area contributed by atoms with Gasteiger partial charge in [-0.2, -0.15) is 4.98 Å². The third-order valence-electron chi connectivity index (χ3n) is 2.49. The maximum atomic E-state index is 5.66. The molecule has 1 saturated heterocycles. The highest BCUT2D eigenvalue weighted by atomic mass is 16.5. The molecule has 6 nitrogen and oxygen atoms in total. The summed E-state index contributed by atoms with van der Waals surface area (Å²) in [5.74, 6) is 5.71. The lowest BCUT2D eigenvalue weighted by Gasteiger charge is -2.30. The predicted octanol–water partition coefficient (Wildman–Crippen LogP) is 0.771. The van der Waals surface area contributed by atoms with Crippen molar-refractivity contribution in [3.63, 3.8) is 0 Å². The summed E-state index contributed by atoms with van der Waals surface area (Å²) in [7, 11) is 0. The van der Waals surface area contributed by atoms with E-state index in [4.69, 9.17) is 15.1 Å². The van der Waals surface area contributed by atoms with Crippen LogP contribution in [0.3, 0.4) is 0 Å². The summed E-state index contributed by atoms with van der Waals surface area (Å²) in [5.41, 5.74) is 1.89. The Morgan fingerprint density at radius 2 is 2.36 bits per heavy atom. The lowest BCUT2D eigenvalue weighted by atomic mass is 9.95. The summed E-state index contributed by atoms with van der Waals surface area (Å²) in [6.45, 7) is 2.72. The molecule has 1 aromatic heterocycles. The molecule has 78 valence electrons. The number of hydrazine groups is 1. The van der Waals surface area contributed by atoms with E-state index >= 15 is 0 Å². The van der Waals surface area contributed by atoms with Crippen LogP contribution in [0.15, 0.2) is 4.52 Å². The third kappa shape index (κ3) is 1.58. The molecule has 0 aromatic carbocycles. The molecule has 0 aliphatic carbocycles. The second-order valence-electron chi connectivity index (χ2n) is 3.60. The maximum absolute atomic E-state index is 5.66. The molecule has 1 aliphatic heterocycles. The number of rotatable bonds is 2. The van der Waals surface area contributed by atoms with Crippen molar-refractivity contribution >= 4 is 6.01 Å². The zero-order chi connectivity index (χ0) is 10.0. The molecule has 0 saturated carbocycles. The molecular formula is C8H14N4O2. The molecule has 0 spiro atoms. The van der Waals surface area contributed by atoms with Crippen molar-refractivity contribution in [2.45, 2.75) is 31.8 Å². The van der Waals surface area contributed by atoms with Crippen LogP contribution < -0.4 is 11.3 Å². The minimum Gasteiger partial charge on any atom is -0.367 e. The number of hydrogen-bond acceptors (Lipinski definition) is 6. The number of hydrogen-bond donors (Lipinski definition) is 2. The van der Waals surface area contributed by atoms with Crippen molar-refractivity contribution in [1.82, 2.24) is 10.1 Å². The lowest BCUT2D eigenvalue weighted by Crippen LogP contribution is -2.31. The van der Waals surface area contributed by atoms with Gasteiger partial charge in [0.2, 0.25) is 5.82 Å². The molecule has 1 unspecified atom stereocenters. The van der Waals surface area contributed by atoms with Gasteiger partial charge >= 0.3 is 6.01 Å². The van der Waals surface area contributed by atoms with Crippen molar-refractivity contribution in [2.75, 3.05) is 12.0 Å². The van der Waals surface area contributed by atoms with E-state index in [0.717, 1.165) is 25.9 Å². The summed E-state index contributed by atoms with van der Waals surface area (Å²) in [4.78, 5) is 4.09. The number of nitrogens with two attached hydrogens (primary N) is 1. The molecule has 14 heavy (non-hydrogen) atoms. The van der Waals surface area contributed by atoms with Gasteiger partial charge in [0, 0.05) is 6.61 Å². The Kier molecular flexibility index (Phi) is 2.39. The van der Waals surface area contributed by atoms with Crippen molar-refractivity contribution in [1.29, 1.82) is 0 Å². The summed E-state index contributed by atoms with van der Waals surface area (Å²) in [6, 6.07) is 0.218. The van der Waals surface area contributed by atoms with Crippen LogP contribution in [0, 0.1) is 0 Å². The average molecular weight is 198 g/mol. The van der Waals surface area contributed by atoms with E-state index in [0.29, 0.717) is 5.82 Å². The quantitative estimate of drug-likeness (QED) is 0.539. The van der Waals surface area contributed by atoms with Crippen LogP contribution >= 0.6 is 0 Å². The Morgan fingerprint density at radius 1 is 1.50 bits per heavy atom. The highest BCUT2D eigenvalue weighted by Gasteiger charge is 2.34. The van der Waals surface area contributed by atoms with E-state index in [1.165, 1.54) is 0 Å². The fraction of sp³-hybridized carbons (Fsp3) is 0.750. The molecule has 0 bridgehead atoms. The van der Waals surface area contributed by atoms with Crippen LogP contribution in [0.2, 0.25) is 0 Å². The van der Waals surface area contributed by atoms with E-state index in [-0.39, 0.29) is 6.01 Å². The second kappa shape index (κ2) is 3.55. The maximum Gasteiger partial charge on any atom is 0.335 e. The predicted molar refractivity (Wildman–Crippen MR) is 49.3 cm³/mol. The van der Waals surface area contributed by atoms with Crippen LogP contribution in [0.1, 0.15) is 32.0 Å². The molecule has 2 rings (SSSR count). The minimum atomic E-state index is -0.420. The molecule has 6 heteroatoms. The summed E-state index contributed by atoms with van der Waals surface area (Å²) in [6.07, 6.45) is 3.13. The van der Waals surface area contributed by atoms with Gasteiger partial charge in [0.1, 0.15) is 5.60 Å². The Hall–Kier alpha value is -1.14. The Labute approximate surface area is 81.8 Å². The van der Waals surface area contributed by atoms with Gasteiger partial charge < -0.3 is 9.26 Å². The molecule has 1 fully saturated rings. The summed E-state index contributed by atoms with van der Waals surface area (Å²) >= 11 is 0. The van der Waals surface area contributed by atoms with Crippen molar-refractivity contribution in [3.8, 4) is 0 Å². The molecule has 1 atom stereocenters. The Bertz CT molecular complexity index is 306. The van der Waals surface area contributed by atoms with Gasteiger partial charge in [-0.15, -0.1) is 0 Å². The molecule has 2 heterocycles. The topological polar surface area (TPSA) is 86.2 Å². The van der Waals surface area contributed by atoms with Crippen LogP contribution in [0.4, 0.5) is 6.01 Å². The third-order valence-corrected chi connectivity index (χ3v) is 2.49. The van der Waals surface area contributed by atoms with E-state index in [2.05, 4.69) is 15.6 Å². The summed E-state index contributed by atoms with van der Waals surface area (Å²) < 4.78 is 10.5. The zero-order valence-corrected chi connectivity index (χ0v) is 8.12. The average Bonchev–Trinajstić information content (AvgIpc) is 2.67. The van der Waals surface area contributed by atoms with E-state index in [1.807, 2.05) is 6.92 Å². The standard InChI is InChI=1S/C8H14N4O2/c1-8(4-2-3-5-13-8)6-10-7(11-9)14-12-6/h2-5,9H2,1H3,(H,10,11,12). The number of ether oxygens (including phenoxy) is 1. The van der Waals surface area contributed by atoms with Crippen LogP contribution in [-0.4, -0.2) is 16.7 Å². The van der Waals surface area contributed by atoms with Crippen molar-refractivity contribution in [2.24, 2.45) is 5.84 Å². The monoisotopic (exact) mass is 198 g/mol. The first kappa shape index (κ1) is 9.42. The molecule has 0 amide bonds. The van der Waals surface area contributed by atoms with Gasteiger partial charge in [0.15, 0.2) is 0 Å². The summed E-state index contributed by atoms with van der Waals surface area (Å²) in [5, 5.41) is 3.83. The molecular weight excluding hydrogens is 184 g/mol. The van der Waals surface area contributed by atoms with Crippen molar-refractivity contribution < 1.29 is 9.26 Å². The normalized spacial score (nSPS) is 27.6. The SMILES string of the molecule is CC1(c2noc(NN)n2)CCCCO1. The number of nitrogens with one attached hydrogen (secondary N) is 1. The Morgan fingerprint density at radius 3 is 2.93 bits per heavy atom. The smallest absolute Gasteiger partial charge is 0.335 e. The number of nitrogen functional groups attached to an aromatic ring is 1. The fourth-order valence-corrected chi connectivity index (χ4v) is 1.61. The minimum absolute atomic E-state index is 0.218. The van der Waals surface area contributed by atoms with Crippen LogP contribution in [0.25, 0.3) is 0 Å². The zero-order valence-electron chi connectivity index (χ0n) is 8.12. The highest BCUT2D eigenvalue weighted by Crippen LogP contribution is 2.32. The molecule has 1 aliphatic rings. The van der Waals surface area contributed by atoms with Gasteiger partial charge in [-0.05, 0) is 26.2 Å². The van der Waals surface area contributed by atoms with Gasteiger partial charge in [0.25, 0.3) is 0 Å². The van der Waals surface area contributed by atoms with Gasteiger partial charge in [-0.25, -0.2) is 5.84 Å². The molecule has 1 aromatic rings. The van der Waals surface area contributed by atoms with Gasteiger partial charge in [-0.1, -0.05) is 5.16 Å². The molecule has 0 radical (unpaired) electrons. The largest absolute Gasteiger partial charge is 0.367 e. The fourth-order valence-electron chi connectivity index (χ4n) is 1.61. The van der Waals surface area contributed by atoms with Gasteiger partial charge in [-0.3, -0.25) is 5.43 Å². The van der Waals surface area contributed by atoms with E-state index in [9.17, 15) is 0 Å². The van der Waals surface area contributed by atoms with E-state index < -0.39 is 5.60 Å². The molecule has 3 N–H and O–H groups in total. The van der Waals surface area contributed by atoms with E-state index in [1.54, 1.807) is 0 Å².